The third-order valence-corrected chi connectivity index (χ3v) is 2.65. The number of nitro benzene ring substituents is 2. The summed E-state index contributed by atoms with van der Waals surface area (Å²) in [6, 6.07) is 10.4. The lowest BCUT2D eigenvalue weighted by atomic mass is 10.3. The minimum absolute atomic E-state index is 0.0603. The van der Waals surface area contributed by atoms with Crippen LogP contribution in [0.15, 0.2) is 48.5 Å². The maximum atomic E-state index is 11.6. The number of hydrogen-bond donors (Lipinski definition) is 0. The van der Waals surface area contributed by atoms with Crippen molar-refractivity contribution in [3.05, 3.63) is 73.8 Å². The fourth-order valence-electron chi connectivity index (χ4n) is 1.43. The van der Waals surface area contributed by atoms with Gasteiger partial charge in [0.05, 0.1) is 14.9 Å². The molecular weight excluding hydrogens is 357 g/mol. The lowest BCUT2D eigenvalue weighted by molar-refractivity contribution is -0.422. The molecule has 2 rings (SSSR count). The molecule has 2 aromatic carbocycles. The molecule has 11 heteroatoms. The molecule has 0 aliphatic rings. The summed E-state index contributed by atoms with van der Waals surface area (Å²) >= 11 is 5.41. The average molecular weight is 365 g/mol. The number of alkyl halides is 3. The molecule has 0 saturated heterocycles. The van der Waals surface area contributed by atoms with Gasteiger partial charge in [-0.25, -0.2) is 0 Å². The van der Waals surface area contributed by atoms with Gasteiger partial charge in [-0.3, -0.25) is 20.2 Å². The summed E-state index contributed by atoms with van der Waals surface area (Å²) in [5, 5.41) is 20.4. The second-order valence-electron chi connectivity index (χ2n) is 3.98. The largest absolute Gasteiger partial charge is 0.573 e. The topological polar surface area (TPSA) is 95.5 Å². The fourth-order valence-corrected chi connectivity index (χ4v) is 1.60. The van der Waals surface area contributed by atoms with Crippen LogP contribution in [0, 0.1) is 20.2 Å². The molecule has 0 aliphatic heterocycles. The predicted octanol–water partition coefficient (Wildman–Crippen LogP) is 4.74. The van der Waals surface area contributed by atoms with E-state index in [2.05, 4.69) is 4.74 Å². The Kier molecular flexibility index (Phi) is 6.48. The summed E-state index contributed by atoms with van der Waals surface area (Å²) in [5.41, 5.74) is -0.968. The van der Waals surface area contributed by atoms with E-state index in [9.17, 15) is 33.4 Å². The molecule has 0 bridgehead atoms. The van der Waals surface area contributed by atoms with Crippen LogP contribution in [0.3, 0.4) is 0 Å². The first-order chi connectivity index (χ1) is 11.1. The van der Waals surface area contributed by atoms with Gasteiger partial charge in [-0.1, -0.05) is 35.9 Å². The molecule has 0 radical (unpaired) electrons. The number of para-hydroxylation sites is 3. The first-order valence-corrected chi connectivity index (χ1v) is 6.37. The highest BCUT2D eigenvalue weighted by atomic mass is 35.5. The molecule has 0 unspecified atom stereocenters. The Bertz CT molecular complexity index is 707. The van der Waals surface area contributed by atoms with Crippen LogP contribution >= 0.6 is 11.6 Å². The van der Waals surface area contributed by atoms with Gasteiger partial charge in [0, 0.05) is 12.1 Å². The average Bonchev–Trinajstić information content (AvgIpc) is 2.49. The Morgan fingerprint density at radius 1 is 0.875 bits per heavy atom. The smallest absolute Gasteiger partial charge is 0.404 e. The van der Waals surface area contributed by atoms with Crippen LogP contribution in [-0.4, -0.2) is 16.2 Å². The Morgan fingerprint density at radius 3 is 1.67 bits per heavy atom. The molecule has 0 aliphatic carbocycles. The molecule has 0 fully saturated rings. The van der Waals surface area contributed by atoms with Crippen molar-refractivity contribution in [2.24, 2.45) is 0 Å². The number of nitrogens with zero attached hydrogens (tertiary/aromatic N) is 2. The summed E-state index contributed by atoms with van der Waals surface area (Å²) in [6.45, 7) is 0. The van der Waals surface area contributed by atoms with Gasteiger partial charge in [0.25, 0.3) is 0 Å². The third-order valence-electron chi connectivity index (χ3n) is 2.34. The number of halogens is 4. The summed E-state index contributed by atoms with van der Waals surface area (Å²) in [7, 11) is 0. The zero-order valence-corrected chi connectivity index (χ0v) is 12.3. The molecule has 0 heterocycles. The number of benzene rings is 2. The quantitative estimate of drug-likeness (QED) is 0.579. The van der Waals surface area contributed by atoms with Crippen LogP contribution < -0.4 is 4.74 Å². The molecule has 0 N–H and O–H groups in total. The zero-order valence-electron chi connectivity index (χ0n) is 11.6. The summed E-state index contributed by atoms with van der Waals surface area (Å²) in [5.74, 6) is -0.383. The Labute approximate surface area is 137 Å². The highest BCUT2D eigenvalue weighted by Gasteiger charge is 2.31. The zero-order chi connectivity index (χ0) is 18.3. The van der Waals surface area contributed by atoms with E-state index < -0.39 is 27.6 Å². The Hall–Kier alpha value is -2.88. The fraction of sp³-hybridized carbons (Fsp3) is 0.0769. The SMILES string of the molecule is FC(F)(F)Oc1ccccc1Cl.O=[N+]([O-])c1ccccc1[N+](=O)[O-]. The minimum atomic E-state index is -4.69. The van der Waals surface area contributed by atoms with Gasteiger partial charge in [-0.05, 0) is 12.1 Å². The molecule has 7 nitrogen and oxygen atoms in total. The van der Waals surface area contributed by atoms with E-state index in [1.54, 1.807) is 0 Å². The first kappa shape index (κ1) is 19.2. The van der Waals surface area contributed by atoms with Crippen LogP contribution in [0.25, 0.3) is 0 Å². The molecule has 128 valence electrons. The van der Waals surface area contributed by atoms with Crippen molar-refractivity contribution < 1.29 is 27.8 Å². The summed E-state index contributed by atoms with van der Waals surface area (Å²) < 4.78 is 38.5. The number of nitro groups is 2. The van der Waals surface area contributed by atoms with Crippen molar-refractivity contribution in [1.82, 2.24) is 0 Å². The Balaban J connectivity index is 0.000000240. The number of rotatable bonds is 3. The molecule has 24 heavy (non-hydrogen) atoms. The van der Waals surface area contributed by atoms with Gasteiger partial charge in [0.15, 0.2) is 0 Å². The second-order valence-corrected chi connectivity index (χ2v) is 4.39. The molecule has 0 saturated carbocycles. The van der Waals surface area contributed by atoms with Crippen LogP contribution in [0.5, 0.6) is 5.75 Å². The molecule has 0 spiro atoms. The third kappa shape index (κ3) is 6.08. The molecule has 2 aromatic rings. The molecule has 0 atom stereocenters. The standard InChI is InChI=1S/C7H4ClF3O.C6H4N2O4/c8-5-3-1-2-4-6(5)12-7(9,10)11;9-7(10)5-3-1-2-4-6(5)8(11)12/h2*1-4H. The van der Waals surface area contributed by atoms with E-state index in [0.717, 1.165) is 18.2 Å². The molecular formula is C13H8ClF3N2O5. The maximum absolute atomic E-state index is 11.6. The van der Waals surface area contributed by atoms with E-state index >= 15 is 0 Å². The number of ether oxygens (including phenoxy) is 1. The summed E-state index contributed by atoms with van der Waals surface area (Å²) in [6.07, 6.45) is -4.69. The number of hydrogen-bond acceptors (Lipinski definition) is 5. The van der Waals surface area contributed by atoms with Crippen LogP contribution in [0.4, 0.5) is 24.5 Å². The maximum Gasteiger partial charge on any atom is 0.573 e. The van der Waals surface area contributed by atoms with Crippen LogP contribution in [0.2, 0.25) is 5.02 Å². The highest BCUT2D eigenvalue weighted by Crippen LogP contribution is 2.29. The van der Waals surface area contributed by atoms with E-state index in [1.165, 1.54) is 30.3 Å². The van der Waals surface area contributed by atoms with Gasteiger partial charge in [-0.15, -0.1) is 13.2 Å². The lowest BCUT2D eigenvalue weighted by Crippen LogP contribution is -2.17. The highest BCUT2D eigenvalue weighted by molar-refractivity contribution is 6.32. The Morgan fingerprint density at radius 2 is 1.29 bits per heavy atom. The van der Waals surface area contributed by atoms with Crippen molar-refractivity contribution >= 4 is 23.0 Å². The van der Waals surface area contributed by atoms with Crippen molar-refractivity contribution in [3.8, 4) is 5.75 Å². The van der Waals surface area contributed by atoms with Crippen molar-refractivity contribution in [1.29, 1.82) is 0 Å². The molecule has 0 amide bonds. The predicted molar refractivity (Wildman–Crippen MR) is 77.9 cm³/mol. The van der Waals surface area contributed by atoms with Gasteiger partial charge in [-0.2, -0.15) is 0 Å². The van der Waals surface area contributed by atoms with Crippen LogP contribution in [0.1, 0.15) is 0 Å². The van der Waals surface area contributed by atoms with Crippen molar-refractivity contribution in [3.63, 3.8) is 0 Å². The first-order valence-electron chi connectivity index (χ1n) is 6.00. The van der Waals surface area contributed by atoms with Gasteiger partial charge < -0.3 is 4.74 Å². The summed E-state index contributed by atoms with van der Waals surface area (Å²) in [4.78, 5) is 18.9. The van der Waals surface area contributed by atoms with E-state index in [1.807, 2.05) is 0 Å². The van der Waals surface area contributed by atoms with Crippen molar-refractivity contribution in [2.75, 3.05) is 0 Å². The van der Waals surface area contributed by atoms with E-state index in [0.29, 0.717) is 0 Å². The minimum Gasteiger partial charge on any atom is -0.404 e. The van der Waals surface area contributed by atoms with E-state index in [-0.39, 0.29) is 10.8 Å². The van der Waals surface area contributed by atoms with Gasteiger partial charge >= 0.3 is 17.7 Å². The molecule has 0 aromatic heterocycles. The van der Waals surface area contributed by atoms with Crippen LogP contribution in [-0.2, 0) is 0 Å². The van der Waals surface area contributed by atoms with E-state index in [4.69, 9.17) is 11.6 Å². The van der Waals surface area contributed by atoms with Gasteiger partial charge in [0.2, 0.25) is 0 Å². The lowest BCUT2D eigenvalue weighted by Gasteiger charge is -2.09. The van der Waals surface area contributed by atoms with Crippen molar-refractivity contribution in [2.45, 2.75) is 6.36 Å². The second kappa shape index (κ2) is 8.11. The van der Waals surface area contributed by atoms with Gasteiger partial charge in [0.1, 0.15) is 5.75 Å². The normalized spacial score (nSPS) is 10.3. The monoisotopic (exact) mass is 364 g/mol.